The van der Waals surface area contributed by atoms with E-state index in [1.54, 1.807) is 6.92 Å². The third kappa shape index (κ3) is 2.73. The molecule has 0 atom stereocenters. The van der Waals surface area contributed by atoms with Crippen LogP contribution < -0.4 is 0 Å². The van der Waals surface area contributed by atoms with Gasteiger partial charge in [0, 0.05) is 5.57 Å². The van der Waals surface area contributed by atoms with Crippen LogP contribution in [0.3, 0.4) is 0 Å². The molecule has 1 aromatic carbocycles. The molecule has 0 spiro atoms. The van der Waals surface area contributed by atoms with Gasteiger partial charge < -0.3 is 5.11 Å². The lowest BCUT2D eigenvalue weighted by Gasteiger charge is -2.03. The second-order valence-electron chi connectivity index (χ2n) is 3.37. The first-order valence-corrected chi connectivity index (χ1v) is 4.55. The second-order valence-corrected chi connectivity index (χ2v) is 3.37. The molecule has 1 rings (SSSR count). The first-order chi connectivity index (χ1) is 6.61. The Morgan fingerprint density at radius 2 is 1.79 bits per heavy atom. The Morgan fingerprint density at radius 3 is 2.29 bits per heavy atom. The molecule has 0 heterocycles. The van der Waals surface area contributed by atoms with Crippen molar-refractivity contribution in [3.63, 3.8) is 0 Å². The summed E-state index contributed by atoms with van der Waals surface area (Å²) in [4.78, 5) is 10.7. The Bertz CT molecular complexity index is 350. The molecule has 0 saturated heterocycles. The van der Waals surface area contributed by atoms with Gasteiger partial charge in [0.15, 0.2) is 0 Å². The summed E-state index contributed by atoms with van der Waals surface area (Å²) in [6.45, 7) is 3.50. The molecule has 0 fully saturated rings. The standard InChI is InChI=1S/C12H14O2/c1-9(10(2)12(13)14)8-11-6-4-3-5-7-11/h3-7H,8H2,1-2H3,(H,13,14). The summed E-state index contributed by atoms with van der Waals surface area (Å²) in [6, 6.07) is 9.86. The van der Waals surface area contributed by atoms with E-state index in [2.05, 4.69) is 0 Å². The van der Waals surface area contributed by atoms with Gasteiger partial charge in [-0.15, -0.1) is 0 Å². The van der Waals surface area contributed by atoms with Gasteiger partial charge in [0.1, 0.15) is 0 Å². The van der Waals surface area contributed by atoms with E-state index in [0.29, 0.717) is 12.0 Å². The summed E-state index contributed by atoms with van der Waals surface area (Å²) in [5.74, 6) is -0.835. The minimum Gasteiger partial charge on any atom is -0.478 e. The van der Waals surface area contributed by atoms with Crippen LogP contribution >= 0.6 is 0 Å². The number of carboxylic acid groups (broad SMARTS) is 1. The molecule has 2 heteroatoms. The lowest BCUT2D eigenvalue weighted by atomic mass is 10.0. The Labute approximate surface area is 83.9 Å². The minimum absolute atomic E-state index is 0.439. The normalized spacial score (nSPS) is 12.1. The van der Waals surface area contributed by atoms with Crippen LogP contribution in [0.15, 0.2) is 41.5 Å². The highest BCUT2D eigenvalue weighted by Crippen LogP contribution is 2.11. The van der Waals surface area contributed by atoms with Crippen LogP contribution in [0.5, 0.6) is 0 Å². The average Bonchev–Trinajstić information content (AvgIpc) is 2.18. The summed E-state index contributed by atoms with van der Waals surface area (Å²) in [5.41, 5.74) is 2.49. The smallest absolute Gasteiger partial charge is 0.331 e. The van der Waals surface area contributed by atoms with E-state index >= 15 is 0 Å². The molecular formula is C12H14O2. The number of carboxylic acids is 1. The Balaban J connectivity index is 2.80. The van der Waals surface area contributed by atoms with Crippen molar-refractivity contribution in [2.75, 3.05) is 0 Å². The minimum atomic E-state index is -0.835. The van der Waals surface area contributed by atoms with Gasteiger partial charge in [0.25, 0.3) is 0 Å². The second kappa shape index (κ2) is 4.61. The van der Waals surface area contributed by atoms with Crippen molar-refractivity contribution < 1.29 is 9.90 Å². The first kappa shape index (κ1) is 10.5. The molecule has 0 saturated carbocycles. The van der Waals surface area contributed by atoms with E-state index in [-0.39, 0.29) is 0 Å². The van der Waals surface area contributed by atoms with Crippen LogP contribution in [0.2, 0.25) is 0 Å². The van der Waals surface area contributed by atoms with Gasteiger partial charge in [-0.1, -0.05) is 35.9 Å². The third-order valence-electron chi connectivity index (χ3n) is 2.27. The highest BCUT2D eigenvalue weighted by Gasteiger charge is 2.05. The lowest BCUT2D eigenvalue weighted by Crippen LogP contribution is -2.01. The van der Waals surface area contributed by atoms with Crippen molar-refractivity contribution in [2.24, 2.45) is 0 Å². The summed E-state index contributed by atoms with van der Waals surface area (Å²) in [5, 5.41) is 8.77. The van der Waals surface area contributed by atoms with Gasteiger partial charge in [-0.3, -0.25) is 0 Å². The molecule has 0 aliphatic heterocycles. The van der Waals surface area contributed by atoms with E-state index in [1.165, 1.54) is 0 Å². The van der Waals surface area contributed by atoms with Crippen LogP contribution in [0, 0.1) is 0 Å². The molecule has 0 aliphatic rings. The first-order valence-electron chi connectivity index (χ1n) is 4.55. The van der Waals surface area contributed by atoms with E-state index in [0.717, 1.165) is 11.1 Å². The maximum absolute atomic E-state index is 10.7. The topological polar surface area (TPSA) is 37.3 Å². The largest absolute Gasteiger partial charge is 0.478 e. The fourth-order valence-corrected chi connectivity index (χ4v) is 1.22. The number of aliphatic carboxylic acids is 1. The van der Waals surface area contributed by atoms with Crippen LogP contribution in [0.4, 0.5) is 0 Å². The average molecular weight is 190 g/mol. The van der Waals surface area contributed by atoms with Gasteiger partial charge in [0.05, 0.1) is 0 Å². The Kier molecular flexibility index (Phi) is 3.46. The third-order valence-corrected chi connectivity index (χ3v) is 2.27. The number of allylic oxidation sites excluding steroid dienone is 1. The number of rotatable bonds is 3. The maximum atomic E-state index is 10.7. The molecule has 0 amide bonds. The van der Waals surface area contributed by atoms with Gasteiger partial charge in [-0.05, 0) is 25.8 Å². The van der Waals surface area contributed by atoms with Gasteiger partial charge in [0.2, 0.25) is 0 Å². The highest BCUT2D eigenvalue weighted by molar-refractivity contribution is 5.86. The number of hydrogen-bond donors (Lipinski definition) is 1. The van der Waals surface area contributed by atoms with Crippen molar-refractivity contribution in [1.82, 2.24) is 0 Å². The fraction of sp³-hybridized carbons (Fsp3) is 0.250. The zero-order valence-electron chi connectivity index (χ0n) is 8.45. The number of hydrogen-bond acceptors (Lipinski definition) is 1. The Hall–Kier alpha value is -1.57. The Morgan fingerprint density at radius 1 is 1.21 bits per heavy atom. The van der Waals surface area contributed by atoms with Gasteiger partial charge in [-0.2, -0.15) is 0 Å². The molecule has 1 N–H and O–H groups in total. The van der Waals surface area contributed by atoms with Crippen molar-refractivity contribution in [2.45, 2.75) is 20.3 Å². The molecule has 0 aromatic heterocycles. The van der Waals surface area contributed by atoms with Crippen LogP contribution in [-0.4, -0.2) is 11.1 Å². The number of carbonyl (C=O) groups is 1. The molecular weight excluding hydrogens is 176 g/mol. The van der Waals surface area contributed by atoms with Crippen molar-refractivity contribution >= 4 is 5.97 Å². The molecule has 74 valence electrons. The van der Waals surface area contributed by atoms with E-state index in [4.69, 9.17) is 5.11 Å². The predicted octanol–water partition coefficient (Wildman–Crippen LogP) is 2.65. The summed E-state index contributed by atoms with van der Waals surface area (Å²) >= 11 is 0. The summed E-state index contributed by atoms with van der Waals surface area (Å²) in [7, 11) is 0. The van der Waals surface area contributed by atoms with Crippen LogP contribution in [0.25, 0.3) is 0 Å². The predicted molar refractivity (Wildman–Crippen MR) is 56.2 cm³/mol. The quantitative estimate of drug-likeness (QED) is 0.744. The molecule has 2 nitrogen and oxygen atoms in total. The number of benzene rings is 1. The van der Waals surface area contributed by atoms with E-state index < -0.39 is 5.97 Å². The van der Waals surface area contributed by atoms with Crippen LogP contribution in [0.1, 0.15) is 19.4 Å². The molecule has 0 bridgehead atoms. The zero-order chi connectivity index (χ0) is 10.6. The van der Waals surface area contributed by atoms with Crippen molar-refractivity contribution in [3.05, 3.63) is 47.0 Å². The van der Waals surface area contributed by atoms with E-state index in [1.807, 2.05) is 37.3 Å². The molecule has 14 heavy (non-hydrogen) atoms. The van der Waals surface area contributed by atoms with Crippen molar-refractivity contribution in [1.29, 1.82) is 0 Å². The molecule has 0 radical (unpaired) electrons. The lowest BCUT2D eigenvalue weighted by molar-refractivity contribution is -0.132. The fourth-order valence-electron chi connectivity index (χ4n) is 1.22. The maximum Gasteiger partial charge on any atom is 0.331 e. The molecule has 0 aliphatic carbocycles. The van der Waals surface area contributed by atoms with Gasteiger partial charge >= 0.3 is 5.97 Å². The van der Waals surface area contributed by atoms with Gasteiger partial charge in [-0.25, -0.2) is 4.79 Å². The monoisotopic (exact) mass is 190 g/mol. The summed E-state index contributed by atoms with van der Waals surface area (Å²) in [6.07, 6.45) is 0.707. The molecule has 1 aromatic rings. The zero-order valence-corrected chi connectivity index (χ0v) is 8.45. The molecule has 0 unspecified atom stereocenters. The van der Waals surface area contributed by atoms with Crippen LogP contribution in [-0.2, 0) is 11.2 Å². The van der Waals surface area contributed by atoms with Crippen molar-refractivity contribution in [3.8, 4) is 0 Å². The summed E-state index contributed by atoms with van der Waals surface area (Å²) < 4.78 is 0. The SMILES string of the molecule is CC(Cc1ccccc1)=C(C)C(=O)O. The van der Waals surface area contributed by atoms with E-state index in [9.17, 15) is 4.79 Å². The highest BCUT2D eigenvalue weighted by atomic mass is 16.4.